The van der Waals surface area contributed by atoms with Crippen LogP contribution in [0.1, 0.15) is 62.3 Å². The summed E-state index contributed by atoms with van der Waals surface area (Å²) in [7, 11) is 0. The van der Waals surface area contributed by atoms with Gasteiger partial charge in [0.1, 0.15) is 0 Å². The number of benzene rings is 3. The molecule has 0 N–H and O–H groups in total. The molecule has 0 heterocycles. The van der Waals surface area contributed by atoms with Crippen LogP contribution in [0.3, 0.4) is 0 Å². The first-order chi connectivity index (χ1) is 15.7. The van der Waals surface area contributed by atoms with Crippen molar-refractivity contribution >= 4 is 52.3 Å². The van der Waals surface area contributed by atoms with Gasteiger partial charge in [-0.3, -0.25) is 0 Å². The highest BCUT2D eigenvalue weighted by molar-refractivity contribution is 8.01. The van der Waals surface area contributed by atoms with Crippen LogP contribution in [-0.2, 0) is 0 Å². The van der Waals surface area contributed by atoms with Crippen molar-refractivity contribution in [2.45, 2.75) is 91.2 Å². The van der Waals surface area contributed by atoms with Gasteiger partial charge in [0.2, 0.25) is 0 Å². The summed E-state index contributed by atoms with van der Waals surface area (Å²) in [4.78, 5) is 6.24. The lowest BCUT2D eigenvalue weighted by Crippen LogP contribution is -2.11. The predicted octanol–water partition coefficient (Wildman–Crippen LogP) is 10.8. The third-order valence-corrected chi connectivity index (χ3v) is 7.92. The Morgan fingerprint density at radius 2 is 0.588 bits per heavy atom. The van der Waals surface area contributed by atoms with Crippen molar-refractivity contribution in [1.82, 2.24) is 0 Å². The summed E-state index contributed by atoms with van der Waals surface area (Å²) in [6, 6.07) is 26.9. The maximum Gasteiger partial charge on any atom is 0.0462 e. The maximum absolute atomic E-state index is 2.35. The molecule has 0 amide bonds. The highest BCUT2D eigenvalue weighted by Gasteiger charge is 2.17. The molecule has 0 saturated heterocycles. The Balaban J connectivity index is 1.97. The first-order valence-corrected chi connectivity index (χ1v) is 14.3. The summed E-state index contributed by atoms with van der Waals surface area (Å²) in [5, 5.41) is 0. The molecular formula is C30H39NS3. The molecule has 0 unspecified atom stereocenters. The Morgan fingerprint density at radius 3 is 0.765 bits per heavy atom. The van der Waals surface area contributed by atoms with Gasteiger partial charge in [-0.15, -0.1) is 35.3 Å². The molecular weight excluding hydrogens is 471 g/mol. The van der Waals surface area contributed by atoms with Crippen molar-refractivity contribution in [1.29, 1.82) is 0 Å². The molecule has 3 aromatic rings. The first kappa shape index (κ1) is 27.1. The van der Waals surface area contributed by atoms with Gasteiger partial charge >= 0.3 is 0 Å². The van der Waals surface area contributed by atoms with Crippen LogP contribution >= 0.6 is 35.3 Å². The summed E-state index contributed by atoms with van der Waals surface area (Å²) in [6.45, 7) is 20.3. The molecule has 0 aliphatic rings. The number of nitrogens with zero attached hydrogens (tertiary/aromatic N) is 1. The maximum atomic E-state index is 2.35. The summed E-state index contributed by atoms with van der Waals surface area (Å²) >= 11 is 5.71. The van der Waals surface area contributed by atoms with Gasteiger partial charge in [-0.05, 0) is 72.8 Å². The highest BCUT2D eigenvalue weighted by Crippen LogP contribution is 2.40. The zero-order valence-electron chi connectivity index (χ0n) is 22.1. The fourth-order valence-corrected chi connectivity index (χ4v) is 6.44. The molecule has 0 radical (unpaired) electrons. The standard InChI is InChI=1S/C30H39NS3/c1-28(2,3)32-25-16-10-22(11-17-25)31(23-12-18-26(19-13-23)33-29(4,5)6)24-14-20-27(21-15-24)34-30(7,8)9/h10-21H,1-9H3. The molecule has 0 spiro atoms. The average Bonchev–Trinajstić information content (AvgIpc) is 2.69. The van der Waals surface area contributed by atoms with Crippen LogP contribution in [0.25, 0.3) is 0 Å². The molecule has 0 saturated carbocycles. The van der Waals surface area contributed by atoms with Crippen LogP contribution in [0.5, 0.6) is 0 Å². The Labute approximate surface area is 220 Å². The van der Waals surface area contributed by atoms with Gasteiger partial charge in [0.25, 0.3) is 0 Å². The topological polar surface area (TPSA) is 3.24 Å². The van der Waals surface area contributed by atoms with Gasteiger partial charge in [0, 0.05) is 46.0 Å². The number of rotatable bonds is 6. The van der Waals surface area contributed by atoms with Crippen molar-refractivity contribution in [3.63, 3.8) is 0 Å². The van der Waals surface area contributed by atoms with Crippen LogP contribution in [-0.4, -0.2) is 14.2 Å². The number of hydrogen-bond donors (Lipinski definition) is 0. The van der Waals surface area contributed by atoms with E-state index in [1.807, 2.05) is 35.3 Å². The summed E-state index contributed by atoms with van der Waals surface area (Å²) in [6.07, 6.45) is 0. The summed E-state index contributed by atoms with van der Waals surface area (Å²) < 4.78 is 0.590. The molecule has 182 valence electrons. The third-order valence-electron chi connectivity index (χ3n) is 4.56. The SMILES string of the molecule is CC(C)(C)Sc1ccc(N(c2ccc(SC(C)(C)C)cc2)c2ccc(SC(C)(C)C)cc2)cc1. The Kier molecular flexibility index (Phi) is 8.48. The molecule has 4 heteroatoms. The Bertz CT molecular complexity index is 908. The Morgan fingerprint density at radius 1 is 0.382 bits per heavy atom. The van der Waals surface area contributed by atoms with E-state index in [0.29, 0.717) is 0 Å². The molecule has 0 fully saturated rings. The van der Waals surface area contributed by atoms with E-state index in [-0.39, 0.29) is 14.2 Å². The number of thioether (sulfide) groups is 3. The van der Waals surface area contributed by atoms with Crippen LogP contribution in [0.4, 0.5) is 17.1 Å². The van der Waals surface area contributed by atoms with Gasteiger partial charge in [0.15, 0.2) is 0 Å². The first-order valence-electron chi connectivity index (χ1n) is 11.9. The summed E-state index contributed by atoms with van der Waals surface area (Å²) in [5.74, 6) is 0. The molecule has 0 aliphatic heterocycles. The van der Waals surface area contributed by atoms with E-state index in [4.69, 9.17) is 0 Å². The lowest BCUT2D eigenvalue weighted by molar-refractivity contribution is 0.802. The van der Waals surface area contributed by atoms with Crippen molar-refractivity contribution in [3.8, 4) is 0 Å². The van der Waals surface area contributed by atoms with E-state index >= 15 is 0 Å². The van der Waals surface area contributed by atoms with Gasteiger partial charge in [-0.2, -0.15) is 0 Å². The molecule has 0 atom stereocenters. The molecule has 0 aliphatic carbocycles. The van der Waals surface area contributed by atoms with Gasteiger partial charge in [-0.1, -0.05) is 62.3 Å². The molecule has 1 nitrogen and oxygen atoms in total. The molecule has 34 heavy (non-hydrogen) atoms. The lowest BCUT2D eigenvalue weighted by Gasteiger charge is -2.27. The summed E-state index contributed by atoms with van der Waals surface area (Å²) in [5.41, 5.74) is 3.52. The van der Waals surface area contributed by atoms with E-state index in [0.717, 1.165) is 0 Å². The second-order valence-corrected chi connectivity index (χ2v) is 17.2. The minimum Gasteiger partial charge on any atom is -0.311 e. The van der Waals surface area contributed by atoms with E-state index in [1.165, 1.54) is 31.7 Å². The fourth-order valence-electron chi connectivity index (χ4n) is 3.50. The minimum absolute atomic E-state index is 0.197. The van der Waals surface area contributed by atoms with Crippen LogP contribution < -0.4 is 4.90 Å². The predicted molar refractivity (Wildman–Crippen MR) is 158 cm³/mol. The van der Waals surface area contributed by atoms with Crippen LogP contribution in [0, 0.1) is 0 Å². The monoisotopic (exact) mass is 509 g/mol. The zero-order chi connectivity index (χ0) is 25.1. The smallest absolute Gasteiger partial charge is 0.0462 e. The van der Waals surface area contributed by atoms with E-state index in [2.05, 4.69) is 140 Å². The second-order valence-electron chi connectivity index (χ2n) is 11.5. The van der Waals surface area contributed by atoms with Crippen molar-refractivity contribution in [3.05, 3.63) is 72.8 Å². The lowest BCUT2D eigenvalue weighted by atomic mass is 10.2. The quantitative estimate of drug-likeness (QED) is 0.304. The van der Waals surface area contributed by atoms with E-state index in [1.54, 1.807) is 0 Å². The number of hydrogen-bond acceptors (Lipinski definition) is 4. The van der Waals surface area contributed by atoms with Gasteiger partial charge in [-0.25, -0.2) is 0 Å². The molecule has 0 aromatic heterocycles. The minimum atomic E-state index is 0.197. The van der Waals surface area contributed by atoms with Crippen molar-refractivity contribution in [2.24, 2.45) is 0 Å². The van der Waals surface area contributed by atoms with Crippen molar-refractivity contribution < 1.29 is 0 Å². The Hall–Kier alpha value is -1.49. The van der Waals surface area contributed by atoms with Crippen molar-refractivity contribution in [2.75, 3.05) is 4.90 Å². The fraction of sp³-hybridized carbons (Fsp3) is 0.400. The zero-order valence-corrected chi connectivity index (χ0v) is 24.5. The third kappa shape index (κ3) is 8.62. The molecule has 3 rings (SSSR count). The number of anilines is 3. The average molecular weight is 510 g/mol. The molecule has 0 bridgehead atoms. The van der Waals surface area contributed by atoms with E-state index in [9.17, 15) is 0 Å². The largest absolute Gasteiger partial charge is 0.311 e. The van der Waals surface area contributed by atoms with Crippen LogP contribution in [0.2, 0.25) is 0 Å². The van der Waals surface area contributed by atoms with Gasteiger partial charge < -0.3 is 4.90 Å². The van der Waals surface area contributed by atoms with E-state index < -0.39 is 0 Å². The normalized spacial score (nSPS) is 12.6. The van der Waals surface area contributed by atoms with Crippen LogP contribution in [0.15, 0.2) is 87.5 Å². The van der Waals surface area contributed by atoms with Gasteiger partial charge in [0.05, 0.1) is 0 Å². The highest BCUT2D eigenvalue weighted by atomic mass is 32.2. The molecule has 3 aromatic carbocycles. The second kappa shape index (κ2) is 10.6.